The maximum absolute atomic E-state index is 14.6. The number of amides is 1. The normalized spacial score (nSPS) is 14.6. The number of aromatic hydroxyl groups is 1. The number of halogens is 1. The number of aryl methyl sites for hydroxylation is 1. The second kappa shape index (κ2) is 5.59. The van der Waals surface area contributed by atoms with Gasteiger partial charge in [-0.15, -0.1) is 0 Å². The second-order valence-electron chi connectivity index (χ2n) is 5.82. The first kappa shape index (κ1) is 15.1. The molecular formula is C19H14FN3O2. The number of benzene rings is 2. The molecule has 25 heavy (non-hydrogen) atoms. The largest absolute Gasteiger partial charge is 0.508 e. The van der Waals surface area contributed by atoms with Crippen LogP contribution in [-0.2, 0) is 4.79 Å². The van der Waals surface area contributed by atoms with Gasteiger partial charge in [0.1, 0.15) is 11.6 Å². The Morgan fingerprint density at radius 3 is 2.56 bits per heavy atom. The Bertz CT molecular complexity index is 1020. The molecule has 6 heteroatoms. The predicted molar refractivity (Wildman–Crippen MR) is 93.3 cm³/mol. The van der Waals surface area contributed by atoms with E-state index in [-0.39, 0.29) is 11.7 Å². The Kier molecular flexibility index (Phi) is 3.39. The van der Waals surface area contributed by atoms with Gasteiger partial charge in [0.2, 0.25) is 0 Å². The number of fused-ring (bicyclic) bond motifs is 1. The van der Waals surface area contributed by atoms with Gasteiger partial charge in [0, 0.05) is 22.5 Å². The number of hydrogen-bond donors (Lipinski definition) is 3. The smallest absolute Gasteiger partial charge is 0.256 e. The number of phenolic OH excluding ortho intramolecular Hbond substituents is 1. The lowest BCUT2D eigenvalue weighted by atomic mass is 9.93. The maximum Gasteiger partial charge on any atom is 0.256 e. The van der Waals surface area contributed by atoms with E-state index < -0.39 is 5.82 Å². The number of anilines is 1. The molecule has 0 fully saturated rings. The highest BCUT2D eigenvalue weighted by molar-refractivity contribution is 6.36. The van der Waals surface area contributed by atoms with Crippen molar-refractivity contribution in [1.29, 1.82) is 0 Å². The third-order valence-electron chi connectivity index (χ3n) is 4.22. The van der Waals surface area contributed by atoms with Crippen molar-refractivity contribution in [3.8, 4) is 16.9 Å². The van der Waals surface area contributed by atoms with Crippen molar-refractivity contribution in [2.24, 2.45) is 0 Å². The number of imidazole rings is 1. The lowest BCUT2D eigenvalue weighted by Gasteiger charge is -2.10. The maximum atomic E-state index is 14.6. The number of hydrogen-bond acceptors (Lipinski definition) is 3. The van der Waals surface area contributed by atoms with Crippen LogP contribution in [-0.4, -0.2) is 21.0 Å². The quantitative estimate of drug-likeness (QED) is 0.625. The fourth-order valence-corrected chi connectivity index (χ4v) is 2.96. The Balaban J connectivity index is 1.96. The molecular weight excluding hydrogens is 321 g/mol. The van der Waals surface area contributed by atoms with Gasteiger partial charge in [-0.05, 0) is 42.8 Å². The molecule has 1 amide bonds. The van der Waals surface area contributed by atoms with Gasteiger partial charge >= 0.3 is 0 Å². The van der Waals surface area contributed by atoms with Gasteiger partial charge in [-0.3, -0.25) is 4.79 Å². The first-order valence-electron chi connectivity index (χ1n) is 7.70. The molecule has 2 aromatic carbocycles. The fourth-order valence-electron chi connectivity index (χ4n) is 2.96. The molecule has 0 atom stereocenters. The zero-order valence-electron chi connectivity index (χ0n) is 13.3. The highest BCUT2D eigenvalue weighted by Crippen LogP contribution is 2.42. The van der Waals surface area contributed by atoms with Crippen molar-refractivity contribution in [3.63, 3.8) is 0 Å². The van der Waals surface area contributed by atoms with Gasteiger partial charge in [-0.25, -0.2) is 9.37 Å². The average Bonchev–Trinajstić information content (AvgIpc) is 3.13. The molecule has 1 aliphatic rings. The summed E-state index contributed by atoms with van der Waals surface area (Å²) in [5, 5.41) is 12.2. The van der Waals surface area contributed by atoms with E-state index in [0.717, 1.165) is 5.69 Å². The zero-order chi connectivity index (χ0) is 17.6. The molecule has 0 unspecified atom stereocenters. The summed E-state index contributed by atoms with van der Waals surface area (Å²) in [6.07, 6.45) is 3.19. The van der Waals surface area contributed by atoms with E-state index in [1.165, 1.54) is 18.2 Å². The Morgan fingerprint density at radius 2 is 1.88 bits per heavy atom. The molecule has 4 rings (SSSR count). The monoisotopic (exact) mass is 335 g/mol. The summed E-state index contributed by atoms with van der Waals surface area (Å²) in [6, 6.07) is 9.08. The first-order valence-corrected chi connectivity index (χ1v) is 7.70. The number of aromatic amines is 1. The van der Waals surface area contributed by atoms with E-state index in [1.807, 2.05) is 6.92 Å². The minimum atomic E-state index is -0.439. The highest BCUT2D eigenvalue weighted by Gasteiger charge is 2.29. The summed E-state index contributed by atoms with van der Waals surface area (Å²) >= 11 is 0. The zero-order valence-corrected chi connectivity index (χ0v) is 13.3. The number of nitrogens with zero attached hydrogens (tertiary/aromatic N) is 1. The number of nitrogens with one attached hydrogen (secondary N) is 2. The third kappa shape index (κ3) is 2.48. The lowest BCUT2D eigenvalue weighted by Crippen LogP contribution is -2.03. The van der Waals surface area contributed by atoms with E-state index in [9.17, 15) is 14.3 Å². The summed E-state index contributed by atoms with van der Waals surface area (Å²) in [5.41, 5.74) is 3.73. The number of H-pyrrole nitrogens is 1. The van der Waals surface area contributed by atoms with Crippen LogP contribution in [0.1, 0.15) is 17.0 Å². The second-order valence-corrected chi connectivity index (χ2v) is 5.82. The van der Waals surface area contributed by atoms with E-state index in [2.05, 4.69) is 15.3 Å². The van der Waals surface area contributed by atoms with E-state index in [0.29, 0.717) is 33.6 Å². The van der Waals surface area contributed by atoms with E-state index in [1.54, 1.807) is 30.6 Å². The van der Waals surface area contributed by atoms with Crippen LogP contribution >= 0.6 is 0 Å². The molecule has 0 saturated carbocycles. The molecule has 0 radical (unpaired) electrons. The van der Waals surface area contributed by atoms with Crippen LogP contribution in [0.5, 0.6) is 5.75 Å². The van der Waals surface area contributed by atoms with Crippen molar-refractivity contribution in [1.82, 2.24) is 9.97 Å². The van der Waals surface area contributed by atoms with E-state index >= 15 is 0 Å². The topological polar surface area (TPSA) is 78.0 Å². The number of rotatable bonds is 2. The Hall–Kier alpha value is -3.41. The van der Waals surface area contributed by atoms with Crippen LogP contribution in [0.15, 0.2) is 42.7 Å². The summed E-state index contributed by atoms with van der Waals surface area (Å²) in [5.74, 6) is -0.650. The van der Waals surface area contributed by atoms with Crippen molar-refractivity contribution in [3.05, 3.63) is 65.5 Å². The molecule has 1 aromatic heterocycles. The van der Waals surface area contributed by atoms with Crippen molar-refractivity contribution in [2.45, 2.75) is 6.92 Å². The van der Waals surface area contributed by atoms with Crippen LogP contribution in [0.25, 0.3) is 22.8 Å². The van der Waals surface area contributed by atoms with Gasteiger partial charge < -0.3 is 15.4 Å². The number of aromatic nitrogens is 2. The molecule has 3 aromatic rings. The average molecular weight is 335 g/mol. The summed E-state index contributed by atoms with van der Waals surface area (Å²) in [7, 11) is 0. The highest BCUT2D eigenvalue weighted by atomic mass is 19.1. The molecule has 3 N–H and O–H groups in total. The van der Waals surface area contributed by atoms with Crippen LogP contribution in [0.2, 0.25) is 0 Å². The van der Waals surface area contributed by atoms with Crippen molar-refractivity contribution < 1.29 is 14.3 Å². The van der Waals surface area contributed by atoms with Gasteiger partial charge in [-0.2, -0.15) is 0 Å². The summed E-state index contributed by atoms with van der Waals surface area (Å²) in [6.45, 7) is 1.85. The fraction of sp³-hybridized carbons (Fsp3) is 0.0526. The molecule has 5 nitrogen and oxygen atoms in total. The van der Waals surface area contributed by atoms with Crippen molar-refractivity contribution >= 4 is 23.2 Å². The standard InChI is InChI=1S/C19H14FN3O2/c1-10-16(22-9-21-10)8-13-18-15(23-19(13)25)7-6-14(20)17(18)11-2-4-12(24)5-3-11/h2-9,24H,1H3,(H,21,22)(H,23,25). The van der Waals surface area contributed by atoms with Crippen LogP contribution in [0, 0.1) is 12.7 Å². The number of carbonyl (C=O) groups excluding carboxylic acids is 1. The van der Waals surface area contributed by atoms with Crippen LogP contribution < -0.4 is 5.32 Å². The Morgan fingerprint density at radius 1 is 1.12 bits per heavy atom. The third-order valence-corrected chi connectivity index (χ3v) is 4.22. The van der Waals surface area contributed by atoms with Gasteiger partial charge in [0.25, 0.3) is 5.91 Å². The first-order chi connectivity index (χ1) is 12.0. The van der Waals surface area contributed by atoms with Crippen LogP contribution in [0.4, 0.5) is 10.1 Å². The summed E-state index contributed by atoms with van der Waals surface area (Å²) < 4.78 is 14.6. The van der Waals surface area contributed by atoms with Crippen molar-refractivity contribution in [2.75, 3.05) is 5.32 Å². The van der Waals surface area contributed by atoms with Gasteiger partial charge in [0.15, 0.2) is 0 Å². The molecule has 124 valence electrons. The predicted octanol–water partition coefficient (Wildman–Crippen LogP) is 3.72. The lowest BCUT2D eigenvalue weighted by molar-refractivity contribution is -0.110. The molecule has 0 spiro atoms. The Labute approximate surface area is 142 Å². The van der Waals surface area contributed by atoms with E-state index in [4.69, 9.17) is 0 Å². The summed E-state index contributed by atoms with van der Waals surface area (Å²) in [4.78, 5) is 19.6. The van der Waals surface area contributed by atoms with Crippen LogP contribution in [0.3, 0.4) is 0 Å². The SMILES string of the molecule is Cc1[nH]cnc1C=C1C(=O)Nc2ccc(F)c(-c3ccc(O)cc3)c21. The van der Waals surface area contributed by atoms with Gasteiger partial charge in [-0.1, -0.05) is 12.1 Å². The minimum absolute atomic E-state index is 0.0915. The molecule has 1 aliphatic heterocycles. The molecule has 0 aliphatic carbocycles. The molecule has 2 heterocycles. The van der Waals surface area contributed by atoms with Gasteiger partial charge in [0.05, 0.1) is 17.6 Å². The molecule has 0 saturated heterocycles. The number of carbonyl (C=O) groups is 1. The number of phenols is 1. The molecule has 0 bridgehead atoms. The minimum Gasteiger partial charge on any atom is -0.508 e.